The van der Waals surface area contributed by atoms with Crippen molar-refractivity contribution in [2.75, 3.05) is 6.54 Å². The Bertz CT molecular complexity index is 362. The van der Waals surface area contributed by atoms with Gasteiger partial charge in [-0.25, -0.2) is 0 Å². The van der Waals surface area contributed by atoms with Crippen LogP contribution < -0.4 is 5.32 Å². The van der Waals surface area contributed by atoms with E-state index in [-0.39, 0.29) is 0 Å². The van der Waals surface area contributed by atoms with Gasteiger partial charge in [-0.2, -0.15) is 0 Å². The van der Waals surface area contributed by atoms with E-state index < -0.39 is 0 Å². The minimum Gasteiger partial charge on any atom is -0.310 e. The third kappa shape index (κ3) is 7.61. The van der Waals surface area contributed by atoms with Crippen LogP contribution in [0.1, 0.15) is 88.8 Å². The number of aromatic nitrogens is 1. The Morgan fingerprint density at radius 1 is 1.00 bits per heavy atom. The zero-order valence-corrected chi connectivity index (χ0v) is 14.3. The van der Waals surface area contributed by atoms with Crippen molar-refractivity contribution < 1.29 is 0 Å². The van der Waals surface area contributed by atoms with Gasteiger partial charge in [-0.15, -0.1) is 0 Å². The summed E-state index contributed by atoms with van der Waals surface area (Å²) in [5.41, 5.74) is 2.73. The summed E-state index contributed by atoms with van der Waals surface area (Å²) in [4.78, 5) is 4.20. The first-order valence-electron chi connectivity index (χ1n) is 8.93. The van der Waals surface area contributed by atoms with Gasteiger partial charge in [0.05, 0.1) is 0 Å². The van der Waals surface area contributed by atoms with E-state index in [9.17, 15) is 0 Å². The molecule has 1 aromatic heterocycles. The predicted octanol–water partition coefficient (Wildman–Crippen LogP) is 5.57. The fourth-order valence-electron chi connectivity index (χ4n) is 2.97. The highest BCUT2D eigenvalue weighted by Crippen LogP contribution is 2.22. The lowest BCUT2D eigenvalue weighted by Crippen LogP contribution is -2.21. The maximum absolute atomic E-state index is 4.20. The summed E-state index contributed by atoms with van der Waals surface area (Å²) in [6.45, 7) is 7.67. The molecule has 0 radical (unpaired) electrons. The third-order valence-electron chi connectivity index (χ3n) is 4.24. The monoisotopic (exact) mass is 290 g/mol. The Labute approximate surface area is 131 Å². The minimum atomic E-state index is 0.498. The molecule has 1 N–H and O–H groups in total. The van der Waals surface area contributed by atoms with Crippen molar-refractivity contribution in [3.8, 4) is 0 Å². The topological polar surface area (TPSA) is 24.9 Å². The number of hydrogen-bond acceptors (Lipinski definition) is 2. The highest BCUT2D eigenvalue weighted by molar-refractivity contribution is 5.25. The first-order valence-corrected chi connectivity index (χ1v) is 8.93. The number of rotatable bonds is 12. The number of hydrogen-bond donors (Lipinski definition) is 1. The number of nitrogens with one attached hydrogen (secondary N) is 1. The molecule has 0 saturated heterocycles. The molecular formula is C19H34N2. The highest BCUT2D eigenvalue weighted by Gasteiger charge is 2.11. The summed E-state index contributed by atoms with van der Waals surface area (Å²) < 4.78 is 0. The van der Waals surface area contributed by atoms with Crippen molar-refractivity contribution >= 4 is 0 Å². The van der Waals surface area contributed by atoms with Gasteiger partial charge < -0.3 is 5.32 Å². The number of pyridine rings is 1. The average Bonchev–Trinajstić information content (AvgIpc) is 2.49. The SMILES string of the molecule is CCCCCCCCCCC(NCC)c1ccncc1C. The largest absolute Gasteiger partial charge is 0.310 e. The fraction of sp³-hybridized carbons (Fsp3) is 0.737. The van der Waals surface area contributed by atoms with E-state index in [0.29, 0.717) is 6.04 Å². The minimum absolute atomic E-state index is 0.498. The van der Waals surface area contributed by atoms with Gasteiger partial charge in [0.15, 0.2) is 0 Å². The summed E-state index contributed by atoms with van der Waals surface area (Å²) in [6, 6.07) is 2.67. The van der Waals surface area contributed by atoms with Crippen molar-refractivity contribution in [1.29, 1.82) is 0 Å². The Morgan fingerprint density at radius 3 is 2.29 bits per heavy atom. The summed E-state index contributed by atoms with van der Waals surface area (Å²) in [7, 11) is 0. The second-order valence-corrected chi connectivity index (χ2v) is 6.11. The molecule has 0 aliphatic rings. The van der Waals surface area contributed by atoms with E-state index in [0.717, 1.165) is 6.54 Å². The zero-order valence-electron chi connectivity index (χ0n) is 14.3. The van der Waals surface area contributed by atoms with Crippen molar-refractivity contribution in [3.05, 3.63) is 29.6 Å². The molecule has 1 heterocycles. The molecule has 0 saturated carbocycles. The van der Waals surface area contributed by atoms with Gasteiger partial charge in [0.25, 0.3) is 0 Å². The second kappa shape index (κ2) is 11.7. The van der Waals surface area contributed by atoms with Crippen LogP contribution in [0.25, 0.3) is 0 Å². The van der Waals surface area contributed by atoms with Crippen LogP contribution in [0, 0.1) is 6.92 Å². The Hall–Kier alpha value is -0.890. The van der Waals surface area contributed by atoms with Gasteiger partial charge in [-0.05, 0) is 37.1 Å². The molecule has 0 spiro atoms. The summed E-state index contributed by atoms with van der Waals surface area (Å²) >= 11 is 0. The van der Waals surface area contributed by atoms with Crippen LogP contribution in [-0.2, 0) is 0 Å². The fourth-order valence-corrected chi connectivity index (χ4v) is 2.97. The summed E-state index contributed by atoms with van der Waals surface area (Å²) in [5, 5.41) is 3.63. The Morgan fingerprint density at radius 2 is 1.67 bits per heavy atom. The molecule has 2 heteroatoms. The van der Waals surface area contributed by atoms with Crippen LogP contribution in [0.5, 0.6) is 0 Å². The van der Waals surface area contributed by atoms with Crippen LogP contribution in [0.15, 0.2) is 18.5 Å². The molecule has 1 rings (SSSR count). The van der Waals surface area contributed by atoms with Crippen LogP contribution >= 0.6 is 0 Å². The van der Waals surface area contributed by atoms with Gasteiger partial charge >= 0.3 is 0 Å². The summed E-state index contributed by atoms with van der Waals surface area (Å²) in [6.07, 6.45) is 16.3. The molecule has 0 amide bonds. The normalized spacial score (nSPS) is 12.5. The highest BCUT2D eigenvalue weighted by atomic mass is 14.9. The van der Waals surface area contributed by atoms with Crippen LogP contribution in [0.2, 0.25) is 0 Å². The smallest absolute Gasteiger partial charge is 0.0323 e. The van der Waals surface area contributed by atoms with Gasteiger partial charge in [-0.3, -0.25) is 4.98 Å². The zero-order chi connectivity index (χ0) is 15.3. The van der Waals surface area contributed by atoms with E-state index in [2.05, 4.69) is 37.1 Å². The standard InChI is InChI=1S/C19H34N2/c1-4-6-7-8-9-10-11-12-13-19(21-5-2)18-14-15-20-16-17(18)3/h14-16,19,21H,4-13H2,1-3H3. The molecule has 0 aliphatic heterocycles. The molecule has 1 aromatic rings. The van der Waals surface area contributed by atoms with Crippen molar-refractivity contribution in [1.82, 2.24) is 10.3 Å². The van der Waals surface area contributed by atoms with E-state index in [4.69, 9.17) is 0 Å². The van der Waals surface area contributed by atoms with E-state index >= 15 is 0 Å². The first-order chi connectivity index (χ1) is 10.3. The molecule has 0 fully saturated rings. The molecule has 120 valence electrons. The van der Waals surface area contributed by atoms with Crippen LogP contribution in [-0.4, -0.2) is 11.5 Å². The number of unbranched alkanes of at least 4 members (excludes halogenated alkanes) is 7. The van der Waals surface area contributed by atoms with E-state index in [1.165, 1.54) is 68.9 Å². The van der Waals surface area contributed by atoms with Crippen LogP contribution in [0.3, 0.4) is 0 Å². The van der Waals surface area contributed by atoms with Crippen LogP contribution in [0.4, 0.5) is 0 Å². The van der Waals surface area contributed by atoms with Gasteiger partial charge in [0.2, 0.25) is 0 Å². The van der Waals surface area contributed by atoms with Gasteiger partial charge in [-0.1, -0.05) is 65.2 Å². The lowest BCUT2D eigenvalue weighted by atomic mass is 9.97. The van der Waals surface area contributed by atoms with Gasteiger partial charge in [0, 0.05) is 18.4 Å². The molecule has 21 heavy (non-hydrogen) atoms. The molecule has 0 bridgehead atoms. The average molecular weight is 290 g/mol. The van der Waals surface area contributed by atoms with Crippen molar-refractivity contribution in [2.24, 2.45) is 0 Å². The summed E-state index contributed by atoms with van der Waals surface area (Å²) in [5.74, 6) is 0. The second-order valence-electron chi connectivity index (χ2n) is 6.11. The molecule has 1 atom stereocenters. The van der Waals surface area contributed by atoms with E-state index in [1.807, 2.05) is 12.4 Å². The number of nitrogens with zero attached hydrogens (tertiary/aromatic N) is 1. The Balaban J connectivity index is 2.25. The lowest BCUT2D eigenvalue weighted by molar-refractivity contribution is 0.473. The molecule has 2 nitrogen and oxygen atoms in total. The Kier molecular flexibility index (Phi) is 10.1. The number of aryl methyl sites for hydroxylation is 1. The predicted molar refractivity (Wildman–Crippen MR) is 92.6 cm³/mol. The lowest BCUT2D eigenvalue weighted by Gasteiger charge is -2.20. The van der Waals surface area contributed by atoms with Crippen molar-refractivity contribution in [3.63, 3.8) is 0 Å². The molecular weight excluding hydrogens is 256 g/mol. The maximum atomic E-state index is 4.20. The third-order valence-corrected chi connectivity index (χ3v) is 4.24. The molecule has 1 unspecified atom stereocenters. The maximum Gasteiger partial charge on any atom is 0.0323 e. The van der Waals surface area contributed by atoms with Gasteiger partial charge in [0.1, 0.15) is 0 Å². The molecule has 0 aromatic carbocycles. The van der Waals surface area contributed by atoms with E-state index in [1.54, 1.807) is 0 Å². The van der Waals surface area contributed by atoms with Crippen molar-refractivity contribution in [2.45, 2.75) is 84.6 Å². The first kappa shape index (κ1) is 18.2. The quantitative estimate of drug-likeness (QED) is 0.509. The molecule has 0 aliphatic carbocycles.